The van der Waals surface area contributed by atoms with Crippen LogP contribution in [-0.4, -0.2) is 64.6 Å². The number of halogens is 6. The van der Waals surface area contributed by atoms with Crippen LogP contribution in [0.5, 0.6) is 5.75 Å². The fourth-order valence-corrected chi connectivity index (χ4v) is 5.45. The van der Waals surface area contributed by atoms with Crippen molar-refractivity contribution in [1.29, 1.82) is 0 Å². The van der Waals surface area contributed by atoms with Crippen LogP contribution in [0.4, 0.5) is 32.3 Å². The zero-order valence-corrected chi connectivity index (χ0v) is 21.0. The van der Waals surface area contributed by atoms with E-state index in [-0.39, 0.29) is 19.1 Å². The molecular formula is C20H20F6N5O5PS. The number of benzene rings is 1. The summed E-state index contributed by atoms with van der Waals surface area (Å²) in [4.78, 5) is 13.5. The van der Waals surface area contributed by atoms with Gasteiger partial charge >= 0.3 is 19.9 Å². The van der Waals surface area contributed by atoms with Crippen molar-refractivity contribution in [3.63, 3.8) is 0 Å². The summed E-state index contributed by atoms with van der Waals surface area (Å²) >= 11 is 1.29. The molecule has 0 unspecified atom stereocenters. The number of nitrogen functional groups attached to an aromatic ring is 1. The number of nitrogens with zero attached hydrogens (tertiary/aromatic N) is 4. The van der Waals surface area contributed by atoms with Gasteiger partial charge in [0.2, 0.25) is 5.95 Å². The van der Waals surface area contributed by atoms with Crippen molar-refractivity contribution in [2.75, 3.05) is 38.5 Å². The van der Waals surface area contributed by atoms with Gasteiger partial charge in [-0.25, -0.2) is 9.97 Å². The molecule has 18 heteroatoms. The van der Waals surface area contributed by atoms with Crippen molar-refractivity contribution in [3.05, 3.63) is 30.1 Å². The largest absolute Gasteiger partial charge is 0.493 e. The van der Waals surface area contributed by atoms with Gasteiger partial charge in [0, 0.05) is 17.9 Å². The van der Waals surface area contributed by atoms with E-state index >= 15 is 0 Å². The first-order valence-electron chi connectivity index (χ1n) is 10.8. The molecule has 38 heavy (non-hydrogen) atoms. The molecule has 0 atom stereocenters. The van der Waals surface area contributed by atoms with Crippen molar-refractivity contribution < 1.29 is 49.4 Å². The second-order valence-electron chi connectivity index (χ2n) is 7.89. The normalized spacial score (nSPS) is 14.2. The molecule has 0 spiro atoms. The minimum Gasteiger partial charge on any atom is -0.493 e. The summed E-state index contributed by atoms with van der Waals surface area (Å²) in [6.45, 7) is -3.83. The highest BCUT2D eigenvalue weighted by atomic mass is 32.2. The summed E-state index contributed by atoms with van der Waals surface area (Å²) in [6.07, 6.45) is -8.79. The van der Waals surface area contributed by atoms with E-state index in [2.05, 4.69) is 24.0 Å². The van der Waals surface area contributed by atoms with E-state index in [0.717, 1.165) is 22.6 Å². The Kier molecular flexibility index (Phi) is 8.42. The molecule has 0 bridgehead atoms. The maximum absolute atomic E-state index is 12.4. The van der Waals surface area contributed by atoms with Gasteiger partial charge in [0.25, 0.3) is 0 Å². The number of alkyl halides is 6. The third-order valence-electron chi connectivity index (χ3n) is 4.91. The van der Waals surface area contributed by atoms with Gasteiger partial charge in [0.15, 0.2) is 18.9 Å². The van der Waals surface area contributed by atoms with E-state index in [1.165, 1.54) is 22.7 Å². The molecule has 0 fully saturated rings. The van der Waals surface area contributed by atoms with Crippen molar-refractivity contribution in [1.82, 2.24) is 19.5 Å². The van der Waals surface area contributed by atoms with E-state index in [1.54, 1.807) is 0 Å². The standard InChI is InChI=1S/C20H20F6N5O5PS/c21-19(22,23)8-35-37(32,36-9-20(24,25)26)11-33-6-4-31-10-28-15-16(31)29-18(27)30-17(15)38-13-2-1-12-3-5-34-14(12)7-13/h1-2,7,10H,3-6,8-9,11H2,(H2,27,29,30). The highest BCUT2D eigenvalue weighted by Crippen LogP contribution is 2.50. The number of aromatic nitrogens is 4. The molecule has 1 aromatic carbocycles. The lowest BCUT2D eigenvalue weighted by Gasteiger charge is -2.20. The van der Waals surface area contributed by atoms with Gasteiger partial charge in [0.05, 0.1) is 19.5 Å². The van der Waals surface area contributed by atoms with Gasteiger partial charge in [-0.1, -0.05) is 17.8 Å². The highest BCUT2D eigenvalue weighted by molar-refractivity contribution is 7.99. The number of rotatable bonds is 11. The number of hydrogen-bond donors (Lipinski definition) is 1. The third-order valence-corrected chi connectivity index (χ3v) is 7.42. The number of anilines is 1. The summed E-state index contributed by atoms with van der Waals surface area (Å²) in [5, 5.41) is 0.454. The van der Waals surface area contributed by atoms with E-state index in [4.69, 9.17) is 15.2 Å². The van der Waals surface area contributed by atoms with Crippen LogP contribution in [0.2, 0.25) is 0 Å². The zero-order chi connectivity index (χ0) is 27.6. The average Bonchev–Trinajstić information content (AvgIpc) is 3.45. The Balaban J connectivity index is 1.41. The summed E-state index contributed by atoms with van der Waals surface area (Å²) in [6, 6.07) is 5.74. The molecule has 1 aliphatic heterocycles. The van der Waals surface area contributed by atoms with Gasteiger partial charge in [-0.15, -0.1) is 0 Å². The first-order valence-corrected chi connectivity index (χ1v) is 13.4. The van der Waals surface area contributed by atoms with Crippen LogP contribution in [0, 0.1) is 0 Å². The number of hydrogen-bond acceptors (Lipinski definition) is 10. The summed E-state index contributed by atoms with van der Waals surface area (Å²) in [7, 11) is -4.87. The number of fused-ring (bicyclic) bond motifs is 2. The Morgan fingerprint density at radius 1 is 1.11 bits per heavy atom. The number of ether oxygens (including phenoxy) is 2. The van der Waals surface area contributed by atoms with E-state index in [1.807, 2.05) is 18.2 Å². The molecule has 0 aliphatic carbocycles. The maximum atomic E-state index is 12.4. The van der Waals surface area contributed by atoms with Crippen LogP contribution in [0.15, 0.2) is 34.4 Å². The molecule has 4 rings (SSSR count). The minimum absolute atomic E-state index is 0.0116. The van der Waals surface area contributed by atoms with Crippen LogP contribution in [0.25, 0.3) is 11.2 Å². The Morgan fingerprint density at radius 2 is 1.82 bits per heavy atom. The lowest BCUT2D eigenvalue weighted by molar-refractivity contribution is -0.166. The molecule has 0 saturated carbocycles. The van der Waals surface area contributed by atoms with Gasteiger partial charge in [-0.2, -0.15) is 31.3 Å². The van der Waals surface area contributed by atoms with Crippen LogP contribution >= 0.6 is 19.4 Å². The van der Waals surface area contributed by atoms with E-state index < -0.39 is 39.5 Å². The Bertz CT molecular complexity index is 1320. The van der Waals surface area contributed by atoms with Gasteiger partial charge in [-0.3, -0.25) is 13.6 Å². The van der Waals surface area contributed by atoms with E-state index in [0.29, 0.717) is 22.8 Å². The Morgan fingerprint density at radius 3 is 2.50 bits per heavy atom. The number of imidazole rings is 1. The summed E-state index contributed by atoms with van der Waals surface area (Å²) in [5.74, 6) is 0.734. The molecule has 2 aromatic heterocycles. The molecule has 0 amide bonds. The smallest absolute Gasteiger partial charge is 0.412 e. The first kappa shape index (κ1) is 28.4. The van der Waals surface area contributed by atoms with Crippen LogP contribution in [0.1, 0.15) is 5.56 Å². The van der Waals surface area contributed by atoms with E-state index in [9.17, 15) is 30.9 Å². The Hall–Kier alpha value is -2.59. The van der Waals surface area contributed by atoms with Crippen molar-refractivity contribution in [3.8, 4) is 5.75 Å². The second-order valence-corrected chi connectivity index (χ2v) is 11.0. The lowest BCUT2D eigenvalue weighted by atomic mass is 10.2. The van der Waals surface area contributed by atoms with Crippen LogP contribution in [-0.2, 0) is 31.3 Å². The van der Waals surface area contributed by atoms with Crippen LogP contribution < -0.4 is 10.5 Å². The second kappa shape index (κ2) is 11.3. The molecule has 3 aromatic rings. The van der Waals surface area contributed by atoms with Crippen molar-refractivity contribution in [2.45, 2.75) is 35.2 Å². The van der Waals surface area contributed by atoms with Gasteiger partial charge in [-0.05, 0) is 17.7 Å². The predicted molar refractivity (Wildman–Crippen MR) is 122 cm³/mol. The van der Waals surface area contributed by atoms with Crippen molar-refractivity contribution in [2.24, 2.45) is 0 Å². The fourth-order valence-electron chi connectivity index (χ4n) is 3.29. The first-order chi connectivity index (χ1) is 17.8. The molecule has 10 nitrogen and oxygen atoms in total. The van der Waals surface area contributed by atoms with Crippen molar-refractivity contribution >= 4 is 36.5 Å². The zero-order valence-electron chi connectivity index (χ0n) is 19.3. The highest BCUT2D eigenvalue weighted by Gasteiger charge is 2.38. The SMILES string of the molecule is Nc1nc(Sc2ccc3c(c2)OCC3)c2ncn(CCOCP(=O)(OCC(F)(F)F)OCC(F)(F)F)c2n1. The molecule has 208 valence electrons. The van der Waals surface area contributed by atoms with Gasteiger partial charge in [0.1, 0.15) is 22.6 Å². The topological polar surface area (TPSA) is 124 Å². The monoisotopic (exact) mass is 587 g/mol. The fraction of sp³-hybridized carbons (Fsp3) is 0.450. The molecule has 2 N–H and O–H groups in total. The molecule has 3 heterocycles. The minimum atomic E-state index is -4.94. The van der Waals surface area contributed by atoms with Gasteiger partial charge < -0.3 is 19.8 Å². The maximum Gasteiger partial charge on any atom is 0.412 e. The molecule has 0 radical (unpaired) electrons. The molecule has 1 aliphatic rings. The number of nitrogens with two attached hydrogens (primary N) is 1. The summed E-state index contributed by atoms with van der Waals surface area (Å²) < 4.78 is 107. The molecular weight excluding hydrogens is 567 g/mol. The third kappa shape index (κ3) is 7.72. The lowest BCUT2D eigenvalue weighted by Crippen LogP contribution is -2.21. The predicted octanol–water partition coefficient (Wildman–Crippen LogP) is 4.82. The van der Waals surface area contributed by atoms with Crippen LogP contribution in [0.3, 0.4) is 0 Å². The Labute approximate surface area is 215 Å². The molecule has 0 saturated heterocycles. The quantitative estimate of drug-likeness (QED) is 0.145. The average molecular weight is 587 g/mol. The summed E-state index contributed by atoms with van der Waals surface area (Å²) in [5.41, 5.74) is 7.67.